The molecule has 0 aliphatic heterocycles. The molecule has 0 aromatic rings. The molecule has 0 saturated heterocycles. The van der Waals surface area contributed by atoms with Gasteiger partial charge in [0.1, 0.15) is 5.54 Å². The Kier molecular flexibility index (Phi) is 6.49. The largest absolute Gasteiger partial charge is 0.465 e. The van der Waals surface area contributed by atoms with Gasteiger partial charge in [-0.3, -0.25) is 4.79 Å². The van der Waals surface area contributed by atoms with Crippen LogP contribution in [0.4, 0.5) is 0 Å². The van der Waals surface area contributed by atoms with E-state index in [1.54, 1.807) is 0 Å². The molecule has 2 saturated carbocycles. The maximum atomic E-state index is 12.1. The Morgan fingerprint density at radius 1 is 1.14 bits per heavy atom. The van der Waals surface area contributed by atoms with Crippen LogP contribution in [0.2, 0.25) is 0 Å². The van der Waals surface area contributed by atoms with Crippen LogP contribution in [-0.2, 0) is 14.3 Å². The van der Waals surface area contributed by atoms with Crippen LogP contribution in [0, 0.1) is 5.92 Å². The van der Waals surface area contributed by atoms with Crippen LogP contribution >= 0.6 is 0 Å². The van der Waals surface area contributed by atoms with E-state index in [1.165, 1.54) is 38.5 Å². The van der Waals surface area contributed by atoms with Crippen LogP contribution in [0.25, 0.3) is 0 Å². The number of hydrogen-bond acceptors (Lipinski definition) is 4. The molecule has 4 nitrogen and oxygen atoms in total. The third-order valence-corrected chi connectivity index (χ3v) is 5.15. The molecule has 2 aliphatic carbocycles. The van der Waals surface area contributed by atoms with E-state index in [0.717, 1.165) is 32.3 Å². The third-order valence-electron chi connectivity index (χ3n) is 5.15. The molecular weight excluding hydrogens is 266 g/mol. The summed E-state index contributed by atoms with van der Waals surface area (Å²) in [6, 6.07) is 0. The highest BCUT2D eigenvalue weighted by molar-refractivity contribution is 5.81. The molecule has 2 N–H and O–H groups in total. The molecule has 21 heavy (non-hydrogen) atoms. The maximum absolute atomic E-state index is 12.1. The maximum Gasteiger partial charge on any atom is 0.326 e. The van der Waals surface area contributed by atoms with Gasteiger partial charge < -0.3 is 15.2 Å². The summed E-state index contributed by atoms with van der Waals surface area (Å²) >= 11 is 0. The lowest BCUT2D eigenvalue weighted by molar-refractivity contribution is -0.151. The van der Waals surface area contributed by atoms with Crippen LogP contribution in [0.15, 0.2) is 0 Å². The zero-order valence-electron chi connectivity index (χ0n) is 13.4. The fraction of sp³-hybridized carbons (Fsp3) is 0.941. The van der Waals surface area contributed by atoms with Gasteiger partial charge >= 0.3 is 5.97 Å². The summed E-state index contributed by atoms with van der Waals surface area (Å²) in [6.45, 7) is 2.97. The van der Waals surface area contributed by atoms with Crippen molar-refractivity contribution in [3.63, 3.8) is 0 Å². The second kappa shape index (κ2) is 8.14. The number of ether oxygens (including phenoxy) is 2. The van der Waals surface area contributed by atoms with Crippen molar-refractivity contribution < 1.29 is 14.3 Å². The van der Waals surface area contributed by atoms with Gasteiger partial charge in [-0.2, -0.15) is 0 Å². The first-order valence-corrected chi connectivity index (χ1v) is 8.74. The molecule has 2 aliphatic rings. The Bertz CT molecular complexity index is 326. The van der Waals surface area contributed by atoms with Gasteiger partial charge in [-0.1, -0.05) is 32.1 Å². The Balaban J connectivity index is 1.77. The Morgan fingerprint density at radius 2 is 1.86 bits per heavy atom. The fourth-order valence-corrected chi connectivity index (χ4v) is 3.82. The summed E-state index contributed by atoms with van der Waals surface area (Å²) in [5, 5.41) is 0. The van der Waals surface area contributed by atoms with Crippen molar-refractivity contribution in [1.82, 2.24) is 0 Å². The van der Waals surface area contributed by atoms with E-state index in [1.807, 2.05) is 6.92 Å². The van der Waals surface area contributed by atoms with Crippen LogP contribution in [0.3, 0.4) is 0 Å². The molecule has 0 radical (unpaired) electrons. The molecule has 122 valence electrons. The highest BCUT2D eigenvalue weighted by Crippen LogP contribution is 2.37. The van der Waals surface area contributed by atoms with Crippen molar-refractivity contribution in [3.05, 3.63) is 0 Å². The van der Waals surface area contributed by atoms with Gasteiger partial charge in [-0.25, -0.2) is 0 Å². The number of rotatable bonds is 6. The number of nitrogens with two attached hydrogens (primary N) is 1. The minimum atomic E-state index is -0.775. The van der Waals surface area contributed by atoms with Gasteiger partial charge in [-0.05, 0) is 44.9 Å². The van der Waals surface area contributed by atoms with E-state index in [4.69, 9.17) is 15.2 Å². The van der Waals surface area contributed by atoms with Crippen LogP contribution in [-0.4, -0.2) is 30.8 Å². The third kappa shape index (κ3) is 4.43. The molecule has 2 unspecified atom stereocenters. The van der Waals surface area contributed by atoms with E-state index in [-0.39, 0.29) is 11.9 Å². The predicted molar refractivity (Wildman–Crippen MR) is 83.0 cm³/mol. The Labute approximate surface area is 128 Å². The average Bonchev–Trinajstić information content (AvgIpc) is 2.69. The fourth-order valence-electron chi connectivity index (χ4n) is 3.82. The van der Waals surface area contributed by atoms with E-state index >= 15 is 0 Å². The molecule has 4 heteroatoms. The summed E-state index contributed by atoms with van der Waals surface area (Å²) < 4.78 is 11.2. The van der Waals surface area contributed by atoms with Gasteiger partial charge in [-0.15, -0.1) is 0 Å². The average molecular weight is 297 g/mol. The molecule has 0 aromatic carbocycles. The smallest absolute Gasteiger partial charge is 0.326 e. The topological polar surface area (TPSA) is 61.5 Å². The van der Waals surface area contributed by atoms with Gasteiger partial charge in [0.2, 0.25) is 0 Å². The zero-order valence-corrected chi connectivity index (χ0v) is 13.4. The van der Waals surface area contributed by atoms with Crippen LogP contribution in [0.5, 0.6) is 0 Å². The van der Waals surface area contributed by atoms with Gasteiger partial charge in [0.15, 0.2) is 0 Å². The number of carbonyl (C=O) groups excluding carboxylic acids is 1. The summed E-state index contributed by atoms with van der Waals surface area (Å²) in [5.41, 5.74) is 5.57. The lowest BCUT2D eigenvalue weighted by Gasteiger charge is -2.29. The zero-order chi connectivity index (χ0) is 15.1. The van der Waals surface area contributed by atoms with Gasteiger partial charge in [0.25, 0.3) is 0 Å². The quantitative estimate of drug-likeness (QED) is 0.604. The first kappa shape index (κ1) is 16.8. The predicted octanol–water partition coefficient (Wildman–Crippen LogP) is 3.18. The lowest BCUT2D eigenvalue weighted by atomic mass is 9.86. The monoisotopic (exact) mass is 297 g/mol. The molecule has 0 heterocycles. The van der Waals surface area contributed by atoms with Crippen molar-refractivity contribution in [3.8, 4) is 0 Å². The van der Waals surface area contributed by atoms with Gasteiger partial charge in [0.05, 0.1) is 12.7 Å². The minimum absolute atomic E-state index is 0.210. The second-order valence-electron chi connectivity index (χ2n) is 6.62. The van der Waals surface area contributed by atoms with E-state index in [2.05, 4.69) is 0 Å². The Morgan fingerprint density at radius 3 is 2.52 bits per heavy atom. The van der Waals surface area contributed by atoms with Crippen LogP contribution < -0.4 is 5.73 Å². The van der Waals surface area contributed by atoms with Crippen molar-refractivity contribution >= 4 is 5.97 Å². The van der Waals surface area contributed by atoms with Crippen molar-refractivity contribution in [2.24, 2.45) is 11.7 Å². The van der Waals surface area contributed by atoms with E-state index in [9.17, 15) is 4.79 Å². The van der Waals surface area contributed by atoms with E-state index < -0.39 is 5.54 Å². The number of esters is 1. The van der Waals surface area contributed by atoms with Crippen molar-refractivity contribution in [1.29, 1.82) is 0 Å². The SMILES string of the molecule is CCOC(=O)C1(N)CCCC1CCOC1CCCCCC1. The Hall–Kier alpha value is -0.610. The van der Waals surface area contributed by atoms with E-state index in [0.29, 0.717) is 12.7 Å². The summed E-state index contributed by atoms with van der Waals surface area (Å²) in [4.78, 5) is 12.1. The molecule has 0 aromatic heterocycles. The van der Waals surface area contributed by atoms with Gasteiger partial charge in [0, 0.05) is 6.61 Å². The van der Waals surface area contributed by atoms with Crippen molar-refractivity contribution in [2.75, 3.05) is 13.2 Å². The molecule has 2 atom stereocenters. The highest BCUT2D eigenvalue weighted by atomic mass is 16.5. The molecular formula is C17H31NO3. The first-order valence-electron chi connectivity index (χ1n) is 8.74. The standard InChI is InChI=1S/C17H31NO3/c1-2-20-16(19)17(18)12-7-8-14(17)11-13-21-15-9-5-3-4-6-10-15/h14-15H,2-13,18H2,1H3. The normalized spacial score (nSPS) is 31.0. The van der Waals surface area contributed by atoms with Crippen LogP contribution in [0.1, 0.15) is 71.1 Å². The molecule has 2 fully saturated rings. The molecule has 2 rings (SSSR count). The summed E-state index contributed by atoms with van der Waals surface area (Å²) in [7, 11) is 0. The second-order valence-corrected chi connectivity index (χ2v) is 6.62. The molecule has 0 spiro atoms. The summed E-state index contributed by atoms with van der Waals surface area (Å²) in [5.74, 6) is -0.00991. The molecule has 0 amide bonds. The van der Waals surface area contributed by atoms with Crippen molar-refractivity contribution in [2.45, 2.75) is 82.8 Å². The number of carbonyl (C=O) groups is 1. The lowest BCUT2D eigenvalue weighted by Crippen LogP contribution is -2.52. The summed E-state index contributed by atoms with van der Waals surface area (Å²) in [6.07, 6.45) is 11.7. The number of hydrogen-bond donors (Lipinski definition) is 1. The highest BCUT2D eigenvalue weighted by Gasteiger charge is 2.46. The first-order chi connectivity index (χ1) is 10.2. The molecule has 0 bridgehead atoms. The minimum Gasteiger partial charge on any atom is -0.465 e.